The first kappa shape index (κ1) is 15.0. The fourth-order valence-corrected chi connectivity index (χ4v) is 2.29. The standard InChI is InChI=1S/C13H25N3O2/c1-3-5-8-14-12(17)13(18)15-10-11-7-6-9-16(11)4-2/h11H,3-10H2,1-2H3,(H,14,17)(H,15,18)/t11-/m1/s1. The van der Waals surface area contributed by atoms with Crippen LogP contribution in [0.2, 0.25) is 0 Å². The second kappa shape index (κ2) is 8.08. The van der Waals surface area contributed by atoms with Gasteiger partial charge in [0.15, 0.2) is 0 Å². The first-order valence-corrected chi connectivity index (χ1v) is 6.99. The molecule has 2 amide bonds. The zero-order valence-corrected chi connectivity index (χ0v) is 11.5. The maximum atomic E-state index is 11.5. The molecule has 2 N–H and O–H groups in total. The van der Waals surface area contributed by atoms with E-state index in [1.54, 1.807) is 0 Å². The van der Waals surface area contributed by atoms with Crippen molar-refractivity contribution in [3.8, 4) is 0 Å². The lowest BCUT2D eigenvalue weighted by Gasteiger charge is -2.22. The number of nitrogens with one attached hydrogen (secondary N) is 2. The van der Waals surface area contributed by atoms with Gasteiger partial charge in [-0.3, -0.25) is 14.5 Å². The van der Waals surface area contributed by atoms with Crippen LogP contribution in [0.3, 0.4) is 0 Å². The lowest BCUT2D eigenvalue weighted by molar-refractivity contribution is -0.139. The van der Waals surface area contributed by atoms with Crippen LogP contribution in [0.1, 0.15) is 39.5 Å². The van der Waals surface area contributed by atoms with Crippen LogP contribution in [0.5, 0.6) is 0 Å². The number of amides is 2. The average Bonchev–Trinajstić information content (AvgIpc) is 2.83. The summed E-state index contributed by atoms with van der Waals surface area (Å²) < 4.78 is 0. The average molecular weight is 255 g/mol. The maximum Gasteiger partial charge on any atom is 0.309 e. The van der Waals surface area contributed by atoms with Crippen LogP contribution in [0, 0.1) is 0 Å². The maximum absolute atomic E-state index is 11.5. The van der Waals surface area contributed by atoms with Crippen LogP contribution in [-0.2, 0) is 9.59 Å². The van der Waals surface area contributed by atoms with Crippen molar-refractivity contribution < 1.29 is 9.59 Å². The van der Waals surface area contributed by atoms with Gasteiger partial charge >= 0.3 is 11.8 Å². The van der Waals surface area contributed by atoms with Crippen molar-refractivity contribution in [2.75, 3.05) is 26.2 Å². The Hall–Kier alpha value is -1.10. The Morgan fingerprint density at radius 1 is 1.22 bits per heavy atom. The highest BCUT2D eigenvalue weighted by molar-refractivity contribution is 6.35. The van der Waals surface area contributed by atoms with E-state index in [1.807, 2.05) is 6.92 Å². The number of hydrogen-bond donors (Lipinski definition) is 2. The van der Waals surface area contributed by atoms with E-state index < -0.39 is 11.8 Å². The summed E-state index contributed by atoms with van der Waals surface area (Å²) in [7, 11) is 0. The smallest absolute Gasteiger partial charge is 0.309 e. The fraction of sp³-hybridized carbons (Fsp3) is 0.846. The normalized spacial score (nSPS) is 19.8. The summed E-state index contributed by atoms with van der Waals surface area (Å²) in [5.74, 6) is -1.02. The highest BCUT2D eigenvalue weighted by Crippen LogP contribution is 2.15. The molecule has 0 bridgehead atoms. The zero-order chi connectivity index (χ0) is 13.4. The van der Waals surface area contributed by atoms with Gasteiger partial charge in [0.1, 0.15) is 0 Å². The quantitative estimate of drug-likeness (QED) is 0.537. The molecule has 1 rings (SSSR count). The number of carbonyl (C=O) groups is 2. The second-order valence-electron chi connectivity index (χ2n) is 4.74. The number of rotatable bonds is 6. The van der Waals surface area contributed by atoms with Crippen molar-refractivity contribution in [2.24, 2.45) is 0 Å². The summed E-state index contributed by atoms with van der Waals surface area (Å²) in [4.78, 5) is 25.3. The highest BCUT2D eigenvalue weighted by Gasteiger charge is 2.24. The molecule has 1 fully saturated rings. The van der Waals surface area contributed by atoms with Crippen LogP contribution >= 0.6 is 0 Å². The Balaban J connectivity index is 2.21. The first-order chi connectivity index (χ1) is 8.69. The van der Waals surface area contributed by atoms with E-state index in [2.05, 4.69) is 22.5 Å². The predicted molar refractivity (Wildman–Crippen MR) is 71.2 cm³/mol. The molecule has 0 radical (unpaired) electrons. The Bertz CT molecular complexity index is 281. The Labute approximate surface area is 109 Å². The summed E-state index contributed by atoms with van der Waals surface area (Å²) in [5.41, 5.74) is 0. The lowest BCUT2D eigenvalue weighted by atomic mass is 10.2. The summed E-state index contributed by atoms with van der Waals surface area (Å²) in [6.45, 7) is 7.42. The lowest BCUT2D eigenvalue weighted by Crippen LogP contribution is -2.45. The molecule has 1 atom stereocenters. The van der Waals surface area contributed by atoms with Crippen molar-refractivity contribution in [1.82, 2.24) is 15.5 Å². The monoisotopic (exact) mass is 255 g/mol. The summed E-state index contributed by atoms with van der Waals surface area (Å²) in [5, 5.41) is 5.34. The molecule has 0 unspecified atom stereocenters. The van der Waals surface area contributed by atoms with Gasteiger partial charge in [0.25, 0.3) is 0 Å². The van der Waals surface area contributed by atoms with Gasteiger partial charge in [-0.25, -0.2) is 0 Å². The second-order valence-corrected chi connectivity index (χ2v) is 4.74. The third-order valence-electron chi connectivity index (χ3n) is 3.43. The summed E-state index contributed by atoms with van der Waals surface area (Å²) in [6.07, 6.45) is 4.20. The topological polar surface area (TPSA) is 61.4 Å². The van der Waals surface area contributed by atoms with Gasteiger partial charge in [0.05, 0.1) is 0 Å². The number of carbonyl (C=O) groups excluding carboxylic acids is 2. The van der Waals surface area contributed by atoms with Crippen molar-refractivity contribution in [1.29, 1.82) is 0 Å². The molecule has 1 saturated heterocycles. The molecule has 1 heterocycles. The highest BCUT2D eigenvalue weighted by atomic mass is 16.2. The minimum Gasteiger partial charge on any atom is -0.348 e. The van der Waals surface area contributed by atoms with E-state index in [-0.39, 0.29) is 0 Å². The predicted octanol–water partition coefficient (Wildman–Crippen LogP) is 0.503. The van der Waals surface area contributed by atoms with Crippen LogP contribution in [-0.4, -0.2) is 48.9 Å². The largest absolute Gasteiger partial charge is 0.348 e. The van der Waals surface area contributed by atoms with E-state index in [9.17, 15) is 9.59 Å². The van der Waals surface area contributed by atoms with E-state index in [0.29, 0.717) is 19.1 Å². The first-order valence-electron chi connectivity index (χ1n) is 6.99. The molecule has 5 heteroatoms. The zero-order valence-electron chi connectivity index (χ0n) is 11.5. The molecule has 1 aliphatic rings. The molecule has 0 saturated carbocycles. The SMILES string of the molecule is CCCCNC(=O)C(=O)NC[C@H]1CCCN1CC. The van der Waals surface area contributed by atoms with E-state index >= 15 is 0 Å². The van der Waals surface area contributed by atoms with Crippen LogP contribution in [0.25, 0.3) is 0 Å². The number of nitrogens with zero attached hydrogens (tertiary/aromatic N) is 1. The molecule has 0 aliphatic carbocycles. The van der Waals surface area contributed by atoms with Gasteiger partial charge in [0.2, 0.25) is 0 Å². The van der Waals surface area contributed by atoms with Crippen LogP contribution in [0.4, 0.5) is 0 Å². The molecule has 1 aliphatic heterocycles. The van der Waals surface area contributed by atoms with Crippen molar-refractivity contribution in [3.05, 3.63) is 0 Å². The van der Waals surface area contributed by atoms with Gasteiger partial charge in [-0.1, -0.05) is 20.3 Å². The fourth-order valence-electron chi connectivity index (χ4n) is 2.29. The Morgan fingerprint density at radius 2 is 1.94 bits per heavy atom. The Morgan fingerprint density at radius 3 is 2.61 bits per heavy atom. The molecule has 0 aromatic heterocycles. The molecular weight excluding hydrogens is 230 g/mol. The van der Waals surface area contributed by atoms with Crippen molar-refractivity contribution >= 4 is 11.8 Å². The number of unbranched alkanes of at least 4 members (excludes halogenated alkanes) is 1. The van der Waals surface area contributed by atoms with Gasteiger partial charge in [-0.2, -0.15) is 0 Å². The molecule has 0 aromatic carbocycles. The third-order valence-corrected chi connectivity index (χ3v) is 3.43. The summed E-state index contributed by atoms with van der Waals surface area (Å²) >= 11 is 0. The molecule has 18 heavy (non-hydrogen) atoms. The van der Waals surface area contributed by atoms with E-state index in [4.69, 9.17) is 0 Å². The summed E-state index contributed by atoms with van der Waals surface area (Å²) in [6, 6.07) is 0.391. The molecule has 5 nitrogen and oxygen atoms in total. The van der Waals surface area contributed by atoms with Gasteiger partial charge in [-0.05, 0) is 32.4 Å². The minimum atomic E-state index is -0.510. The van der Waals surface area contributed by atoms with Crippen molar-refractivity contribution in [3.63, 3.8) is 0 Å². The van der Waals surface area contributed by atoms with E-state index in [1.165, 1.54) is 6.42 Å². The van der Waals surface area contributed by atoms with Gasteiger partial charge in [-0.15, -0.1) is 0 Å². The van der Waals surface area contributed by atoms with Gasteiger partial charge < -0.3 is 10.6 Å². The Kier molecular flexibility index (Phi) is 6.72. The number of likely N-dealkylation sites (tertiary alicyclic amines) is 1. The third kappa shape index (κ3) is 4.64. The van der Waals surface area contributed by atoms with Crippen LogP contribution < -0.4 is 10.6 Å². The van der Waals surface area contributed by atoms with Crippen LogP contribution in [0.15, 0.2) is 0 Å². The molecule has 0 aromatic rings. The number of likely N-dealkylation sites (N-methyl/N-ethyl adjacent to an activating group) is 1. The molecular formula is C13H25N3O2. The van der Waals surface area contributed by atoms with Crippen molar-refractivity contribution in [2.45, 2.75) is 45.6 Å². The van der Waals surface area contributed by atoms with E-state index in [0.717, 1.165) is 32.4 Å². The molecule has 0 spiro atoms. The number of hydrogen-bond acceptors (Lipinski definition) is 3. The minimum absolute atomic E-state index is 0.391. The molecule has 104 valence electrons. The van der Waals surface area contributed by atoms with Gasteiger partial charge in [0, 0.05) is 19.1 Å².